The molecule has 0 saturated carbocycles. The number of hydrogen-bond donors (Lipinski definition) is 1. The van der Waals surface area contributed by atoms with Crippen molar-refractivity contribution in [3.8, 4) is 5.75 Å². The molecule has 0 fully saturated rings. The normalized spacial score (nSPS) is 10.5. The number of amides is 2. The van der Waals surface area contributed by atoms with Gasteiger partial charge in [0.1, 0.15) is 5.75 Å². The number of likely N-dealkylation sites (N-methyl/N-ethyl adjacent to an activating group) is 1. The van der Waals surface area contributed by atoms with E-state index in [1.165, 1.54) is 5.39 Å². The average Bonchev–Trinajstić information content (AvgIpc) is 2.72. The van der Waals surface area contributed by atoms with Gasteiger partial charge in [-0.15, -0.1) is 0 Å². The second-order valence-corrected chi connectivity index (χ2v) is 6.57. The number of benzene rings is 3. The van der Waals surface area contributed by atoms with E-state index in [2.05, 4.69) is 29.6 Å². The molecular weight excluding hydrogens is 352 g/mol. The van der Waals surface area contributed by atoms with Crippen molar-refractivity contribution in [2.24, 2.45) is 0 Å². The monoisotopic (exact) mass is 376 g/mol. The molecule has 0 aliphatic heterocycles. The maximum Gasteiger partial charge on any atom is 0.251 e. The Bertz CT molecular complexity index is 967. The molecule has 0 aliphatic rings. The smallest absolute Gasteiger partial charge is 0.251 e. The van der Waals surface area contributed by atoms with Crippen molar-refractivity contribution in [2.45, 2.75) is 13.5 Å². The molecule has 0 atom stereocenters. The highest BCUT2D eigenvalue weighted by atomic mass is 16.5. The lowest BCUT2D eigenvalue weighted by Crippen LogP contribution is -2.37. The summed E-state index contributed by atoms with van der Waals surface area (Å²) in [6.45, 7) is 2.92. The van der Waals surface area contributed by atoms with Crippen LogP contribution in [0.1, 0.15) is 22.8 Å². The first-order valence-electron chi connectivity index (χ1n) is 9.29. The van der Waals surface area contributed by atoms with Crippen molar-refractivity contribution in [1.82, 2.24) is 10.2 Å². The fourth-order valence-electron chi connectivity index (χ4n) is 2.96. The highest BCUT2D eigenvalue weighted by Gasteiger charge is 2.12. The molecule has 0 heterocycles. The number of hydrogen-bond acceptors (Lipinski definition) is 3. The molecule has 3 aromatic rings. The summed E-state index contributed by atoms with van der Waals surface area (Å²) < 4.78 is 5.36. The molecule has 5 heteroatoms. The minimum atomic E-state index is -0.282. The minimum Gasteiger partial charge on any atom is -0.494 e. The molecule has 2 amide bonds. The van der Waals surface area contributed by atoms with Gasteiger partial charge < -0.3 is 15.0 Å². The summed E-state index contributed by atoms with van der Waals surface area (Å²) >= 11 is 0. The van der Waals surface area contributed by atoms with E-state index in [1.54, 1.807) is 36.2 Å². The van der Waals surface area contributed by atoms with E-state index in [0.29, 0.717) is 24.5 Å². The van der Waals surface area contributed by atoms with Crippen LogP contribution in [0.2, 0.25) is 0 Å². The molecule has 5 nitrogen and oxygen atoms in total. The molecule has 0 aliphatic carbocycles. The van der Waals surface area contributed by atoms with Gasteiger partial charge in [0.25, 0.3) is 5.91 Å². The van der Waals surface area contributed by atoms with E-state index in [9.17, 15) is 9.59 Å². The van der Waals surface area contributed by atoms with Crippen LogP contribution in [0.15, 0.2) is 66.7 Å². The number of carbonyl (C=O) groups is 2. The molecule has 0 bridgehead atoms. The van der Waals surface area contributed by atoms with Gasteiger partial charge in [0.15, 0.2) is 0 Å². The standard InChI is InChI=1S/C23H24N2O3/c1-3-28-21-12-10-19(11-13-21)23(27)24-15-22(26)25(2)16-17-8-9-18-6-4-5-7-20(18)14-17/h4-14H,3,15-16H2,1-2H3,(H,24,27). The van der Waals surface area contributed by atoms with Gasteiger partial charge in [-0.1, -0.05) is 36.4 Å². The van der Waals surface area contributed by atoms with E-state index in [4.69, 9.17) is 4.74 Å². The Morgan fingerprint density at radius 3 is 2.39 bits per heavy atom. The Balaban J connectivity index is 1.53. The number of ether oxygens (including phenoxy) is 1. The third-order valence-corrected chi connectivity index (χ3v) is 4.49. The fourth-order valence-corrected chi connectivity index (χ4v) is 2.96. The minimum absolute atomic E-state index is 0.0455. The summed E-state index contributed by atoms with van der Waals surface area (Å²) in [6, 6.07) is 21.1. The Kier molecular flexibility index (Phi) is 6.27. The molecule has 0 spiro atoms. The summed E-state index contributed by atoms with van der Waals surface area (Å²) in [5, 5.41) is 4.99. The third kappa shape index (κ3) is 4.88. The molecule has 0 aromatic heterocycles. The number of nitrogens with zero attached hydrogens (tertiary/aromatic N) is 1. The van der Waals surface area contributed by atoms with E-state index in [-0.39, 0.29) is 18.4 Å². The first-order chi connectivity index (χ1) is 13.6. The van der Waals surface area contributed by atoms with Crippen molar-refractivity contribution >= 4 is 22.6 Å². The largest absolute Gasteiger partial charge is 0.494 e. The summed E-state index contributed by atoms with van der Waals surface area (Å²) in [5.74, 6) is 0.285. The van der Waals surface area contributed by atoms with Crippen molar-refractivity contribution in [2.75, 3.05) is 20.2 Å². The van der Waals surface area contributed by atoms with Crippen LogP contribution in [0, 0.1) is 0 Å². The van der Waals surface area contributed by atoms with E-state index in [1.807, 2.05) is 25.1 Å². The lowest BCUT2D eigenvalue weighted by atomic mass is 10.1. The van der Waals surface area contributed by atoms with E-state index < -0.39 is 0 Å². The number of carbonyl (C=O) groups excluding carboxylic acids is 2. The summed E-state index contributed by atoms with van der Waals surface area (Å²) in [6.07, 6.45) is 0. The zero-order valence-electron chi connectivity index (χ0n) is 16.1. The van der Waals surface area contributed by atoms with Crippen LogP contribution >= 0.6 is 0 Å². The van der Waals surface area contributed by atoms with Crippen LogP contribution in [-0.4, -0.2) is 36.9 Å². The number of rotatable bonds is 7. The van der Waals surface area contributed by atoms with Gasteiger partial charge in [-0.3, -0.25) is 9.59 Å². The van der Waals surface area contributed by atoms with Crippen LogP contribution < -0.4 is 10.1 Å². The molecule has 3 rings (SSSR count). The Hall–Kier alpha value is -3.34. The highest BCUT2D eigenvalue weighted by molar-refractivity contribution is 5.96. The quantitative estimate of drug-likeness (QED) is 0.685. The van der Waals surface area contributed by atoms with Gasteiger partial charge in [-0.05, 0) is 53.6 Å². The van der Waals surface area contributed by atoms with Crippen molar-refractivity contribution in [3.63, 3.8) is 0 Å². The van der Waals surface area contributed by atoms with Crippen LogP contribution in [0.3, 0.4) is 0 Å². The van der Waals surface area contributed by atoms with Crippen LogP contribution in [0.5, 0.6) is 5.75 Å². The Morgan fingerprint density at radius 2 is 1.68 bits per heavy atom. The van der Waals surface area contributed by atoms with Crippen LogP contribution in [0.4, 0.5) is 0 Å². The molecule has 144 valence electrons. The maximum atomic E-state index is 12.4. The van der Waals surface area contributed by atoms with Crippen LogP contribution in [0.25, 0.3) is 10.8 Å². The third-order valence-electron chi connectivity index (χ3n) is 4.49. The summed E-state index contributed by atoms with van der Waals surface area (Å²) in [4.78, 5) is 26.2. The van der Waals surface area contributed by atoms with Gasteiger partial charge >= 0.3 is 0 Å². The zero-order valence-corrected chi connectivity index (χ0v) is 16.1. The second-order valence-electron chi connectivity index (χ2n) is 6.57. The fraction of sp³-hybridized carbons (Fsp3) is 0.217. The van der Waals surface area contributed by atoms with Gasteiger partial charge in [-0.2, -0.15) is 0 Å². The van der Waals surface area contributed by atoms with Crippen LogP contribution in [-0.2, 0) is 11.3 Å². The SMILES string of the molecule is CCOc1ccc(C(=O)NCC(=O)N(C)Cc2ccc3ccccc3c2)cc1. The van der Waals surface area contributed by atoms with E-state index in [0.717, 1.165) is 10.9 Å². The molecule has 3 aromatic carbocycles. The molecule has 1 N–H and O–H groups in total. The molecule has 0 radical (unpaired) electrons. The number of nitrogens with one attached hydrogen (secondary N) is 1. The first kappa shape index (κ1) is 19.4. The van der Waals surface area contributed by atoms with E-state index >= 15 is 0 Å². The Morgan fingerprint density at radius 1 is 0.964 bits per heavy atom. The molecule has 0 unspecified atom stereocenters. The highest BCUT2D eigenvalue weighted by Crippen LogP contribution is 2.16. The molecular formula is C23H24N2O3. The summed E-state index contributed by atoms with van der Waals surface area (Å²) in [5.41, 5.74) is 1.54. The lowest BCUT2D eigenvalue weighted by molar-refractivity contribution is -0.129. The molecule has 0 saturated heterocycles. The van der Waals surface area contributed by atoms with Crippen molar-refractivity contribution < 1.29 is 14.3 Å². The predicted molar refractivity (Wildman–Crippen MR) is 110 cm³/mol. The zero-order chi connectivity index (χ0) is 19.9. The lowest BCUT2D eigenvalue weighted by Gasteiger charge is -2.18. The first-order valence-corrected chi connectivity index (χ1v) is 9.29. The predicted octanol–water partition coefficient (Wildman–Crippen LogP) is 3.63. The second kappa shape index (κ2) is 9.04. The van der Waals surface area contributed by atoms with Crippen molar-refractivity contribution in [1.29, 1.82) is 0 Å². The van der Waals surface area contributed by atoms with Crippen molar-refractivity contribution in [3.05, 3.63) is 77.9 Å². The number of fused-ring (bicyclic) bond motifs is 1. The van der Waals surface area contributed by atoms with Gasteiger partial charge in [0, 0.05) is 19.2 Å². The summed E-state index contributed by atoms with van der Waals surface area (Å²) in [7, 11) is 1.74. The maximum absolute atomic E-state index is 12.4. The van der Waals surface area contributed by atoms with Gasteiger partial charge in [0.05, 0.1) is 13.2 Å². The molecule has 28 heavy (non-hydrogen) atoms. The topological polar surface area (TPSA) is 58.6 Å². The van der Waals surface area contributed by atoms with Gasteiger partial charge in [-0.25, -0.2) is 0 Å². The Labute approximate surface area is 164 Å². The average molecular weight is 376 g/mol. The van der Waals surface area contributed by atoms with Gasteiger partial charge in [0.2, 0.25) is 5.91 Å².